The minimum atomic E-state index is -0.863. The Morgan fingerprint density at radius 3 is 1.39 bits per heavy atom. The molecule has 3 aromatic rings. The van der Waals surface area contributed by atoms with Crippen LogP contribution in [-0.4, -0.2) is 70.7 Å². The van der Waals surface area contributed by atoms with Gasteiger partial charge < -0.3 is 35.8 Å². The number of rotatable bonds is 17. The molecule has 0 saturated carbocycles. The third kappa shape index (κ3) is 32.2. The van der Waals surface area contributed by atoms with E-state index in [1.54, 1.807) is 41.5 Å². The van der Waals surface area contributed by atoms with Crippen LogP contribution in [0.4, 0.5) is 0 Å². The Morgan fingerprint density at radius 1 is 0.581 bits per heavy atom. The number of hydrogen-bond acceptors (Lipinski definition) is 10. The molecule has 13 heteroatoms. The maximum absolute atomic E-state index is 11.7. The van der Waals surface area contributed by atoms with E-state index in [1.165, 1.54) is 0 Å². The number of nitrogens with one attached hydrogen (secondary N) is 1. The largest absolute Gasteiger partial charge is 0.481 e. The van der Waals surface area contributed by atoms with Gasteiger partial charge in [-0.25, -0.2) is 0 Å². The maximum Gasteiger partial charge on any atom is 0.309 e. The van der Waals surface area contributed by atoms with Crippen molar-refractivity contribution in [2.45, 2.75) is 104 Å². The van der Waals surface area contributed by atoms with Crippen molar-refractivity contribution in [3.8, 4) is 35.5 Å². The lowest BCUT2D eigenvalue weighted by Gasteiger charge is -2.18. The van der Waals surface area contributed by atoms with Crippen LogP contribution in [0, 0.1) is 35.5 Å². The summed E-state index contributed by atoms with van der Waals surface area (Å²) >= 11 is 0. The van der Waals surface area contributed by atoms with Gasteiger partial charge in [0, 0.05) is 37.6 Å². The van der Waals surface area contributed by atoms with Gasteiger partial charge in [-0.2, -0.15) is 0 Å². The normalized spacial score (nSPS) is 10.5. The fourth-order valence-corrected chi connectivity index (χ4v) is 4.64. The number of benzene rings is 3. The van der Waals surface area contributed by atoms with Gasteiger partial charge in [0.1, 0.15) is 12.4 Å². The van der Waals surface area contributed by atoms with E-state index < -0.39 is 11.9 Å². The highest BCUT2D eigenvalue weighted by molar-refractivity contribution is 5.80. The van der Waals surface area contributed by atoms with Gasteiger partial charge in [-0.1, -0.05) is 130 Å². The zero-order valence-corrected chi connectivity index (χ0v) is 36.6. The molecule has 334 valence electrons. The Hall–Kier alpha value is -6.72. The molecular formula is C49H62N2O11. The number of carbonyl (C=O) groups is 6. The summed E-state index contributed by atoms with van der Waals surface area (Å²) in [5, 5.41) is 27.3. The molecular weight excluding hydrogens is 793 g/mol. The van der Waals surface area contributed by atoms with Crippen molar-refractivity contribution in [2.75, 3.05) is 19.8 Å². The lowest BCUT2D eigenvalue weighted by atomic mass is 9.90. The molecule has 3 unspecified atom stereocenters. The van der Waals surface area contributed by atoms with Gasteiger partial charge in [0.05, 0.1) is 25.3 Å². The van der Waals surface area contributed by atoms with Crippen LogP contribution in [0.15, 0.2) is 91.0 Å². The van der Waals surface area contributed by atoms with Crippen molar-refractivity contribution >= 4 is 35.6 Å². The fourth-order valence-electron chi connectivity index (χ4n) is 4.64. The van der Waals surface area contributed by atoms with Crippen LogP contribution in [0.2, 0.25) is 0 Å². The van der Waals surface area contributed by atoms with Crippen LogP contribution in [0.1, 0.15) is 121 Å². The van der Waals surface area contributed by atoms with E-state index in [2.05, 4.69) is 40.8 Å². The van der Waals surface area contributed by atoms with Crippen LogP contribution in [0.25, 0.3) is 0 Å². The summed E-state index contributed by atoms with van der Waals surface area (Å²) in [5.74, 6) is 13.1. The first-order valence-electron chi connectivity index (χ1n) is 20.0. The van der Waals surface area contributed by atoms with E-state index >= 15 is 0 Å². The minimum absolute atomic E-state index is 0.00968. The van der Waals surface area contributed by atoms with Gasteiger partial charge in [-0.3, -0.25) is 28.8 Å². The quantitative estimate of drug-likeness (QED) is 0.0688. The average Bonchev–Trinajstić information content (AvgIpc) is 3.27. The molecule has 3 rings (SSSR count). The highest BCUT2D eigenvalue weighted by Crippen LogP contribution is 2.24. The summed E-state index contributed by atoms with van der Waals surface area (Å²) < 4.78 is 9.87. The molecule has 0 fully saturated rings. The average molecular weight is 855 g/mol. The van der Waals surface area contributed by atoms with Crippen molar-refractivity contribution < 1.29 is 53.6 Å². The third-order valence-electron chi connectivity index (χ3n) is 7.93. The predicted octanol–water partition coefficient (Wildman–Crippen LogP) is 6.95. The summed E-state index contributed by atoms with van der Waals surface area (Å²) in [7, 11) is 0. The standard InChI is InChI=1S/C16H19NO3.C13H15NO2.C13H16O3.C4H6O.C3H6O2/c1-3-5-11-20-16(19)12-14(17-15(18)4-2)13-9-7-6-8-10-13;1-2-3-9-16-13(15)10-12(14)11-7-5-4-6-8-11;1-2-12(14)8-11(9-13(15)16)10-6-4-3-5-7-10;1-2-3-4-5;1-2-3(4)5/h6-10,14H,4,11-12H2,1-2H3,(H,17,18);4-8,12H,9-10,14H2,1H3;3-7,11H,2,8-9H2,1H3,(H,15,16);5H,4H2,1H3;2H2,1H3,(H,4,5). The Balaban J connectivity index is 0. The molecule has 0 spiro atoms. The lowest BCUT2D eigenvalue weighted by Crippen LogP contribution is -2.30. The molecule has 3 aromatic carbocycles. The van der Waals surface area contributed by atoms with Crippen LogP contribution >= 0.6 is 0 Å². The molecule has 6 N–H and O–H groups in total. The van der Waals surface area contributed by atoms with Gasteiger partial charge in [-0.05, 0) is 37.5 Å². The summed E-state index contributed by atoms with van der Waals surface area (Å²) in [5.41, 5.74) is 8.60. The van der Waals surface area contributed by atoms with Gasteiger partial charge in [0.15, 0.2) is 13.2 Å². The number of aliphatic carboxylic acids is 2. The highest BCUT2D eigenvalue weighted by Gasteiger charge is 2.19. The summed E-state index contributed by atoms with van der Waals surface area (Å²) in [4.78, 5) is 66.1. The Bertz CT molecular complexity index is 1920. The van der Waals surface area contributed by atoms with E-state index in [-0.39, 0.29) is 87.1 Å². The summed E-state index contributed by atoms with van der Waals surface area (Å²) in [6, 6.07) is 27.5. The highest BCUT2D eigenvalue weighted by atomic mass is 16.5. The first-order chi connectivity index (χ1) is 29.7. The molecule has 3 atom stereocenters. The third-order valence-corrected chi connectivity index (χ3v) is 7.93. The Labute approximate surface area is 366 Å². The molecule has 0 heterocycles. The molecule has 0 aliphatic rings. The molecule has 1 amide bonds. The number of nitrogens with two attached hydrogens (primary N) is 1. The summed E-state index contributed by atoms with van der Waals surface area (Å²) in [6.45, 7) is 10.4. The number of esters is 2. The molecule has 13 nitrogen and oxygen atoms in total. The van der Waals surface area contributed by atoms with Gasteiger partial charge in [0.2, 0.25) is 5.91 Å². The molecule has 0 aromatic heterocycles. The van der Waals surface area contributed by atoms with Gasteiger partial charge in [-0.15, -0.1) is 17.8 Å². The number of ketones is 1. The molecule has 0 aliphatic heterocycles. The molecule has 62 heavy (non-hydrogen) atoms. The summed E-state index contributed by atoms with van der Waals surface area (Å²) in [6.07, 6.45) is 1.65. The lowest BCUT2D eigenvalue weighted by molar-refractivity contribution is -0.143. The molecule has 0 saturated heterocycles. The van der Waals surface area contributed by atoms with Crippen LogP contribution in [-0.2, 0) is 38.2 Å². The predicted molar refractivity (Wildman–Crippen MR) is 239 cm³/mol. The zero-order chi connectivity index (χ0) is 47.0. The second-order valence-electron chi connectivity index (χ2n) is 12.6. The van der Waals surface area contributed by atoms with Crippen molar-refractivity contribution in [2.24, 2.45) is 5.73 Å². The SMILES string of the molecule is CC#CCO.CC#CCOC(=O)CC(N)c1ccccc1.CC#CCOC(=O)CC(NC(=O)CC)c1ccccc1.CCC(=O)CC(CC(=O)O)c1ccccc1.CCC(=O)O. The van der Waals surface area contributed by atoms with E-state index in [4.69, 9.17) is 30.5 Å². The van der Waals surface area contributed by atoms with Crippen LogP contribution < -0.4 is 11.1 Å². The second-order valence-corrected chi connectivity index (χ2v) is 12.6. The number of carboxylic acid groups (broad SMARTS) is 2. The van der Waals surface area contributed by atoms with Crippen molar-refractivity contribution in [3.63, 3.8) is 0 Å². The minimum Gasteiger partial charge on any atom is -0.481 e. The van der Waals surface area contributed by atoms with Crippen molar-refractivity contribution in [1.82, 2.24) is 5.32 Å². The monoisotopic (exact) mass is 854 g/mol. The number of amides is 1. The van der Waals surface area contributed by atoms with Gasteiger partial charge in [0.25, 0.3) is 0 Å². The number of hydrogen-bond donors (Lipinski definition) is 5. The number of Topliss-reactive ketones (excluding diaryl/α,β-unsaturated/α-hetero) is 1. The number of aliphatic hydroxyl groups is 1. The van der Waals surface area contributed by atoms with Crippen LogP contribution in [0.3, 0.4) is 0 Å². The molecule has 0 radical (unpaired) electrons. The second kappa shape index (κ2) is 38.5. The van der Waals surface area contributed by atoms with Crippen molar-refractivity contribution in [1.29, 1.82) is 0 Å². The molecule has 0 bridgehead atoms. The Kier molecular flexibility index (Phi) is 35.6. The van der Waals surface area contributed by atoms with E-state index in [0.29, 0.717) is 19.3 Å². The number of ether oxygens (including phenoxy) is 2. The number of aliphatic hydroxyl groups excluding tert-OH is 1. The fraction of sp³-hybridized carbons (Fsp3) is 0.388. The Morgan fingerprint density at radius 2 is 1.02 bits per heavy atom. The van der Waals surface area contributed by atoms with Crippen LogP contribution in [0.5, 0.6) is 0 Å². The first kappa shape index (κ1) is 57.4. The first-order valence-corrected chi connectivity index (χ1v) is 20.0. The number of carboxylic acids is 2. The topological polar surface area (TPSA) is 220 Å². The van der Waals surface area contributed by atoms with Crippen molar-refractivity contribution in [3.05, 3.63) is 108 Å². The zero-order valence-electron chi connectivity index (χ0n) is 36.6. The number of carbonyl (C=O) groups excluding carboxylic acids is 4. The van der Waals surface area contributed by atoms with Gasteiger partial charge >= 0.3 is 23.9 Å². The smallest absolute Gasteiger partial charge is 0.309 e. The maximum atomic E-state index is 11.7. The van der Waals surface area contributed by atoms with E-state index in [9.17, 15) is 28.8 Å². The van der Waals surface area contributed by atoms with E-state index in [0.717, 1.165) is 16.7 Å². The molecule has 0 aliphatic carbocycles. The van der Waals surface area contributed by atoms with E-state index in [1.807, 2.05) is 91.0 Å².